The second-order valence-corrected chi connectivity index (χ2v) is 20.9. The number of rotatable bonds is 4. The van der Waals surface area contributed by atoms with Crippen molar-refractivity contribution in [3.63, 3.8) is 0 Å². The third kappa shape index (κ3) is 5.56. The molecule has 0 bridgehead atoms. The molecule has 274 valence electrons. The van der Waals surface area contributed by atoms with Gasteiger partial charge in [-0.15, -0.1) is 0 Å². The molecule has 3 heteroatoms. The average molecular weight is 703 g/mol. The van der Waals surface area contributed by atoms with E-state index in [9.17, 15) is 0 Å². The molecule has 0 radical (unpaired) electrons. The van der Waals surface area contributed by atoms with Gasteiger partial charge in [-0.3, -0.25) is 4.90 Å². The summed E-state index contributed by atoms with van der Waals surface area (Å²) in [4.78, 5) is 6.07. The molecular weight excluding hydrogens is 637 g/mol. The van der Waals surface area contributed by atoms with Crippen molar-refractivity contribution < 1.29 is 0 Å². The Morgan fingerprint density at radius 1 is 0.647 bits per heavy atom. The number of allylic oxidation sites excluding steroid dienone is 7. The maximum absolute atomic E-state index is 3.10. The van der Waals surface area contributed by atoms with Gasteiger partial charge in [-0.25, -0.2) is 0 Å². The van der Waals surface area contributed by atoms with Crippen LogP contribution in [-0.4, -0.2) is 50.5 Å². The second-order valence-electron chi connectivity index (χ2n) is 19.4. The van der Waals surface area contributed by atoms with Gasteiger partial charge in [-0.05, 0) is 144 Å². The minimum Gasteiger partial charge on any atom is -0.361 e. The van der Waals surface area contributed by atoms with E-state index in [1.807, 2.05) is 5.57 Å². The molecule has 0 aromatic rings. The van der Waals surface area contributed by atoms with Gasteiger partial charge in [0.05, 0.1) is 12.1 Å². The van der Waals surface area contributed by atoms with E-state index in [4.69, 9.17) is 0 Å². The Balaban J connectivity index is 0.821. The average Bonchev–Trinajstić information content (AvgIpc) is 3.86. The molecule has 0 amide bonds. The van der Waals surface area contributed by atoms with E-state index in [0.29, 0.717) is 23.9 Å². The highest BCUT2D eigenvalue weighted by atomic mass is 32.2. The number of likely N-dealkylation sites (tertiary alicyclic amines) is 2. The zero-order valence-electron chi connectivity index (χ0n) is 31.5. The first-order chi connectivity index (χ1) is 25.3. The van der Waals surface area contributed by atoms with Crippen LogP contribution >= 0.6 is 11.8 Å². The molecule has 3 heterocycles. The zero-order valence-corrected chi connectivity index (χ0v) is 32.3. The van der Waals surface area contributed by atoms with Gasteiger partial charge in [-0.2, -0.15) is 11.8 Å². The van der Waals surface area contributed by atoms with Crippen molar-refractivity contribution in [2.75, 3.05) is 0 Å². The van der Waals surface area contributed by atoms with Crippen LogP contribution < -0.4 is 0 Å². The molecule has 0 aromatic carbocycles. The SMILES string of the molecule is C1=CC2C(CC1)C1C=C(C3C=C4C5CCCCC5N(C5CC=CCC5)C4CC3)C=CC1N2C1=CCC(C2CCCC3C4CCCCC4SC23)CC1. The molecule has 0 N–H and O–H groups in total. The Morgan fingerprint density at radius 2 is 1.53 bits per heavy atom. The van der Waals surface area contributed by atoms with Crippen molar-refractivity contribution in [2.24, 2.45) is 47.3 Å². The standard InChI is InChI=1S/C48H66N2S/c1-2-11-34(12-3-1)49-43-18-7-4-13-37(43)41-29-32(23-27-45(41)49)33-24-28-46-42(30-33)38-14-5-8-19-44(38)50(46)35-25-21-31(22-26-35)36-16-10-17-40-39-15-6-9-20-47(39)51-48(36)40/h1-2,8,19,24-25,28-32,34,36-40,42-48H,3-7,9-18,20-23,26-27H2. The van der Waals surface area contributed by atoms with E-state index in [1.165, 1.54) is 122 Å². The van der Waals surface area contributed by atoms with Crippen molar-refractivity contribution in [1.82, 2.24) is 9.80 Å². The third-order valence-electron chi connectivity index (χ3n) is 17.3. The lowest BCUT2D eigenvalue weighted by Crippen LogP contribution is -2.46. The van der Waals surface area contributed by atoms with Crippen LogP contribution in [0.3, 0.4) is 0 Å². The first kappa shape index (κ1) is 32.9. The number of hydrogen-bond donors (Lipinski definition) is 0. The minimum absolute atomic E-state index is 0.565. The van der Waals surface area contributed by atoms with Crippen LogP contribution in [0, 0.1) is 47.3 Å². The smallest absolute Gasteiger partial charge is 0.0545 e. The topological polar surface area (TPSA) is 6.48 Å². The van der Waals surface area contributed by atoms with E-state index in [2.05, 4.69) is 76.2 Å². The maximum Gasteiger partial charge on any atom is 0.0545 e. The van der Waals surface area contributed by atoms with Gasteiger partial charge in [0, 0.05) is 46.2 Å². The molecule has 15 atom stereocenters. The van der Waals surface area contributed by atoms with Crippen LogP contribution in [0.15, 0.2) is 71.5 Å². The maximum atomic E-state index is 3.10. The minimum atomic E-state index is 0.565. The predicted octanol–water partition coefficient (Wildman–Crippen LogP) is 11.6. The van der Waals surface area contributed by atoms with Crippen molar-refractivity contribution in [3.8, 4) is 0 Å². The molecule has 51 heavy (non-hydrogen) atoms. The van der Waals surface area contributed by atoms with Gasteiger partial charge >= 0.3 is 0 Å². The molecule has 11 rings (SSSR count). The van der Waals surface area contributed by atoms with Crippen molar-refractivity contribution in [3.05, 3.63) is 71.5 Å². The summed E-state index contributed by atoms with van der Waals surface area (Å²) in [7, 11) is 0. The number of fused-ring (bicyclic) bond motifs is 9. The molecule has 2 nitrogen and oxygen atoms in total. The summed E-state index contributed by atoms with van der Waals surface area (Å²) in [5.41, 5.74) is 5.29. The van der Waals surface area contributed by atoms with E-state index in [0.717, 1.165) is 64.1 Å². The van der Waals surface area contributed by atoms with E-state index in [-0.39, 0.29) is 0 Å². The Morgan fingerprint density at radius 3 is 2.45 bits per heavy atom. The Bertz CT molecular complexity index is 1510. The van der Waals surface area contributed by atoms with Crippen LogP contribution in [0.4, 0.5) is 0 Å². The Hall–Kier alpha value is -1.45. The summed E-state index contributed by atoms with van der Waals surface area (Å²) in [6.07, 6.45) is 54.0. The number of nitrogens with zero attached hydrogens (tertiary/aromatic N) is 2. The van der Waals surface area contributed by atoms with Crippen LogP contribution in [0.25, 0.3) is 0 Å². The second kappa shape index (κ2) is 13.7. The molecular formula is C48H66N2S. The van der Waals surface area contributed by atoms with E-state index < -0.39 is 0 Å². The van der Waals surface area contributed by atoms with Gasteiger partial charge in [0.15, 0.2) is 0 Å². The quantitative estimate of drug-likeness (QED) is 0.269. The van der Waals surface area contributed by atoms with E-state index in [1.54, 1.807) is 24.1 Å². The lowest BCUT2D eigenvalue weighted by atomic mass is 9.66. The van der Waals surface area contributed by atoms with Gasteiger partial charge in [0.25, 0.3) is 0 Å². The summed E-state index contributed by atoms with van der Waals surface area (Å²) < 4.78 is 0. The highest BCUT2D eigenvalue weighted by Crippen LogP contribution is 2.59. The molecule has 15 unspecified atom stereocenters. The summed E-state index contributed by atoms with van der Waals surface area (Å²) in [5.74, 6) is 7.00. The summed E-state index contributed by atoms with van der Waals surface area (Å²) >= 11 is 2.50. The van der Waals surface area contributed by atoms with Gasteiger partial charge in [-0.1, -0.05) is 92.4 Å². The Labute approximate surface area is 314 Å². The third-order valence-corrected chi connectivity index (χ3v) is 19.2. The molecule has 3 saturated carbocycles. The fourth-order valence-corrected chi connectivity index (χ4v) is 17.5. The zero-order chi connectivity index (χ0) is 33.5. The fraction of sp³-hybridized carbons (Fsp3) is 0.750. The Kier molecular flexibility index (Phi) is 8.84. The molecule has 3 saturated heterocycles. The van der Waals surface area contributed by atoms with Crippen molar-refractivity contribution in [1.29, 1.82) is 0 Å². The number of hydrogen-bond acceptors (Lipinski definition) is 3. The summed E-state index contributed by atoms with van der Waals surface area (Å²) in [5, 5.41) is 2.00. The highest BCUT2D eigenvalue weighted by molar-refractivity contribution is 8.00. The fourth-order valence-electron chi connectivity index (χ4n) is 15.2. The molecule has 6 fully saturated rings. The van der Waals surface area contributed by atoms with Crippen molar-refractivity contribution >= 4 is 11.8 Å². The van der Waals surface area contributed by atoms with Crippen LogP contribution in [0.5, 0.6) is 0 Å². The van der Waals surface area contributed by atoms with Gasteiger partial charge < -0.3 is 4.90 Å². The van der Waals surface area contributed by atoms with E-state index >= 15 is 0 Å². The summed E-state index contributed by atoms with van der Waals surface area (Å²) in [6, 6.07) is 3.52. The molecule has 0 spiro atoms. The summed E-state index contributed by atoms with van der Waals surface area (Å²) in [6.45, 7) is 0. The first-order valence-electron chi connectivity index (χ1n) is 22.6. The van der Waals surface area contributed by atoms with Crippen molar-refractivity contribution in [2.45, 2.75) is 176 Å². The lowest BCUT2D eigenvalue weighted by Gasteiger charge is -2.43. The molecule has 8 aliphatic carbocycles. The van der Waals surface area contributed by atoms with Crippen LogP contribution in [-0.2, 0) is 0 Å². The van der Waals surface area contributed by atoms with Gasteiger partial charge in [0.1, 0.15) is 0 Å². The monoisotopic (exact) mass is 702 g/mol. The van der Waals surface area contributed by atoms with Crippen LogP contribution in [0.2, 0.25) is 0 Å². The highest BCUT2D eigenvalue weighted by Gasteiger charge is 2.53. The lowest BCUT2D eigenvalue weighted by molar-refractivity contribution is 0.0871. The van der Waals surface area contributed by atoms with Gasteiger partial charge in [0.2, 0.25) is 0 Å². The molecule has 11 aliphatic rings. The number of thioether (sulfide) groups is 1. The largest absolute Gasteiger partial charge is 0.361 e. The normalized spacial score (nSPS) is 48.8. The van der Waals surface area contributed by atoms with Crippen LogP contribution in [0.1, 0.15) is 135 Å². The first-order valence-corrected chi connectivity index (χ1v) is 23.6. The molecule has 0 aromatic heterocycles. The predicted molar refractivity (Wildman–Crippen MR) is 214 cm³/mol. The molecule has 3 aliphatic heterocycles.